The van der Waals surface area contributed by atoms with Crippen molar-refractivity contribution in [2.24, 2.45) is 0 Å². The minimum atomic E-state index is -1.04. The van der Waals surface area contributed by atoms with Crippen molar-refractivity contribution in [3.8, 4) is 0 Å². The highest BCUT2D eigenvalue weighted by molar-refractivity contribution is 6.01. The molecule has 0 fully saturated rings. The van der Waals surface area contributed by atoms with Crippen molar-refractivity contribution >= 4 is 11.9 Å². The van der Waals surface area contributed by atoms with Crippen LogP contribution in [0.1, 0.15) is 32.3 Å². The smallest absolute Gasteiger partial charge is 0.331 e. The molecule has 1 aromatic carbocycles. The predicted molar refractivity (Wildman–Crippen MR) is 83.0 cm³/mol. The number of benzene rings is 1. The summed E-state index contributed by atoms with van der Waals surface area (Å²) in [6.07, 6.45) is 2.89. The molecule has 1 rings (SSSR count). The maximum atomic E-state index is 12.1. The Morgan fingerprint density at radius 2 is 1.67 bits per heavy atom. The number of carbonyl (C=O) groups excluding carboxylic acids is 1. The number of amides is 1. The summed E-state index contributed by atoms with van der Waals surface area (Å²) >= 11 is 0. The van der Waals surface area contributed by atoms with Gasteiger partial charge in [-0.15, -0.1) is 0 Å². The summed E-state index contributed by atoms with van der Waals surface area (Å²) in [6.45, 7) is 3.65. The average Bonchev–Trinajstić information content (AvgIpc) is 2.50. The van der Waals surface area contributed by atoms with Crippen molar-refractivity contribution < 1.29 is 14.7 Å². The molecule has 0 bridgehead atoms. The van der Waals surface area contributed by atoms with Crippen LogP contribution in [0.15, 0.2) is 41.5 Å². The molecule has 4 heteroatoms. The fourth-order valence-electron chi connectivity index (χ4n) is 2.03. The molecule has 21 heavy (non-hydrogen) atoms. The highest BCUT2D eigenvalue weighted by Gasteiger charge is 2.16. The number of carboxylic acids is 1. The first-order valence-electron chi connectivity index (χ1n) is 7.13. The van der Waals surface area contributed by atoms with Crippen molar-refractivity contribution in [3.05, 3.63) is 47.0 Å². The Kier molecular flexibility index (Phi) is 6.66. The Bertz CT molecular complexity index is 520. The van der Waals surface area contributed by atoms with E-state index in [1.165, 1.54) is 12.5 Å². The summed E-state index contributed by atoms with van der Waals surface area (Å²) in [5.74, 6) is -1.26. The van der Waals surface area contributed by atoms with Gasteiger partial charge < -0.3 is 10.0 Å². The molecule has 0 aliphatic rings. The van der Waals surface area contributed by atoms with Gasteiger partial charge in [0.05, 0.1) is 0 Å². The lowest BCUT2D eigenvalue weighted by atomic mass is 10.1. The molecule has 1 amide bonds. The van der Waals surface area contributed by atoms with E-state index in [1.54, 1.807) is 18.9 Å². The number of aryl methyl sites for hydroxylation is 1. The minimum Gasteiger partial charge on any atom is -0.478 e. The van der Waals surface area contributed by atoms with Gasteiger partial charge in [0, 0.05) is 24.7 Å². The molecule has 0 aromatic heterocycles. The molecule has 0 unspecified atom stereocenters. The lowest BCUT2D eigenvalue weighted by Crippen LogP contribution is -2.29. The van der Waals surface area contributed by atoms with Gasteiger partial charge in [0.1, 0.15) is 0 Å². The molecule has 0 saturated heterocycles. The number of hydrogen-bond acceptors (Lipinski definition) is 2. The van der Waals surface area contributed by atoms with Crippen LogP contribution < -0.4 is 0 Å². The fraction of sp³-hybridized carbons (Fsp3) is 0.412. The maximum Gasteiger partial charge on any atom is 0.331 e. The van der Waals surface area contributed by atoms with Crippen LogP contribution in [0.4, 0.5) is 0 Å². The van der Waals surface area contributed by atoms with E-state index in [-0.39, 0.29) is 11.5 Å². The summed E-state index contributed by atoms with van der Waals surface area (Å²) < 4.78 is 0. The van der Waals surface area contributed by atoms with Gasteiger partial charge in [0.25, 0.3) is 0 Å². The van der Waals surface area contributed by atoms with Crippen molar-refractivity contribution in [2.45, 2.75) is 33.1 Å². The van der Waals surface area contributed by atoms with Crippen LogP contribution in [-0.4, -0.2) is 35.5 Å². The first kappa shape index (κ1) is 17.0. The molecule has 0 spiro atoms. The van der Waals surface area contributed by atoms with Crippen LogP contribution in [0.5, 0.6) is 0 Å². The predicted octanol–water partition coefficient (Wildman–Crippen LogP) is 2.89. The zero-order valence-corrected chi connectivity index (χ0v) is 12.9. The van der Waals surface area contributed by atoms with Gasteiger partial charge in [0.2, 0.25) is 5.91 Å². The summed E-state index contributed by atoms with van der Waals surface area (Å²) in [5.41, 5.74) is 1.70. The van der Waals surface area contributed by atoms with Gasteiger partial charge in [-0.05, 0) is 38.7 Å². The van der Waals surface area contributed by atoms with Gasteiger partial charge in [-0.2, -0.15) is 0 Å². The van der Waals surface area contributed by atoms with Crippen LogP contribution >= 0.6 is 0 Å². The van der Waals surface area contributed by atoms with E-state index >= 15 is 0 Å². The Balaban J connectivity index is 2.40. The first-order chi connectivity index (χ1) is 9.93. The van der Waals surface area contributed by atoms with E-state index in [2.05, 4.69) is 12.1 Å². The van der Waals surface area contributed by atoms with E-state index in [0.717, 1.165) is 19.3 Å². The van der Waals surface area contributed by atoms with Crippen LogP contribution in [0, 0.1) is 0 Å². The molecule has 1 N–H and O–H groups in total. The molecule has 0 heterocycles. The van der Waals surface area contributed by atoms with Gasteiger partial charge in [-0.3, -0.25) is 4.79 Å². The van der Waals surface area contributed by atoms with E-state index < -0.39 is 5.97 Å². The second-order valence-corrected chi connectivity index (χ2v) is 5.22. The van der Waals surface area contributed by atoms with E-state index in [4.69, 9.17) is 5.11 Å². The highest BCUT2D eigenvalue weighted by Crippen LogP contribution is 2.09. The number of nitrogens with zero attached hydrogens (tertiary/aromatic N) is 1. The second kappa shape index (κ2) is 8.25. The third-order valence-corrected chi connectivity index (χ3v) is 3.60. The van der Waals surface area contributed by atoms with Gasteiger partial charge in [-0.1, -0.05) is 30.3 Å². The molecule has 4 nitrogen and oxygen atoms in total. The van der Waals surface area contributed by atoms with E-state index in [1.807, 2.05) is 18.2 Å². The lowest BCUT2D eigenvalue weighted by Gasteiger charge is -2.18. The molecule has 114 valence electrons. The summed E-state index contributed by atoms with van der Waals surface area (Å²) in [7, 11) is 1.71. The van der Waals surface area contributed by atoms with Crippen molar-refractivity contribution in [1.82, 2.24) is 4.90 Å². The van der Waals surface area contributed by atoms with Crippen molar-refractivity contribution in [2.75, 3.05) is 13.6 Å². The maximum absolute atomic E-state index is 12.1. The van der Waals surface area contributed by atoms with Crippen LogP contribution in [0.3, 0.4) is 0 Å². The van der Waals surface area contributed by atoms with Gasteiger partial charge in [-0.25, -0.2) is 4.79 Å². The minimum absolute atomic E-state index is 0.108. The number of unbranched alkanes of at least 4 members (excludes halogenated alkanes) is 1. The van der Waals surface area contributed by atoms with Gasteiger partial charge in [0.15, 0.2) is 0 Å². The van der Waals surface area contributed by atoms with Gasteiger partial charge >= 0.3 is 5.97 Å². The molecular formula is C17H23NO3. The topological polar surface area (TPSA) is 57.6 Å². The average molecular weight is 289 g/mol. The summed E-state index contributed by atoms with van der Waals surface area (Å²) in [5, 5.41) is 8.89. The number of carbonyl (C=O) groups is 2. The summed E-state index contributed by atoms with van der Waals surface area (Å²) in [6, 6.07) is 10.2. The van der Waals surface area contributed by atoms with Crippen LogP contribution in [0.2, 0.25) is 0 Å². The second-order valence-electron chi connectivity index (χ2n) is 5.22. The fourth-order valence-corrected chi connectivity index (χ4v) is 2.03. The highest BCUT2D eigenvalue weighted by atomic mass is 16.4. The number of hydrogen-bond donors (Lipinski definition) is 1. The summed E-state index contributed by atoms with van der Waals surface area (Å²) in [4.78, 5) is 24.5. The molecule has 0 aliphatic carbocycles. The largest absolute Gasteiger partial charge is 0.478 e. The number of likely N-dealkylation sites (N-methyl/N-ethyl adjacent to an activating group) is 1. The molecule has 0 atom stereocenters. The van der Waals surface area contributed by atoms with E-state index in [9.17, 15) is 9.59 Å². The Morgan fingerprint density at radius 1 is 1.05 bits per heavy atom. The molecule has 1 aromatic rings. The molecule has 0 aliphatic heterocycles. The number of aliphatic carboxylic acids is 1. The van der Waals surface area contributed by atoms with Crippen molar-refractivity contribution in [1.29, 1.82) is 0 Å². The first-order valence-corrected chi connectivity index (χ1v) is 7.13. The van der Waals surface area contributed by atoms with Crippen LogP contribution in [0.25, 0.3) is 0 Å². The Hall–Kier alpha value is -2.10. The zero-order valence-electron chi connectivity index (χ0n) is 12.9. The number of carboxylic acid groups (broad SMARTS) is 1. The Morgan fingerprint density at radius 3 is 2.24 bits per heavy atom. The Labute approximate surface area is 126 Å². The third-order valence-electron chi connectivity index (χ3n) is 3.60. The SMILES string of the molecule is CC(C(=O)O)=C(C)C(=O)N(C)CCCCc1ccccc1. The third kappa shape index (κ3) is 5.42. The monoisotopic (exact) mass is 289 g/mol. The molecular weight excluding hydrogens is 266 g/mol. The normalized spacial score (nSPS) is 11.8. The van der Waals surface area contributed by atoms with Crippen LogP contribution in [-0.2, 0) is 16.0 Å². The zero-order chi connectivity index (χ0) is 15.8. The molecule has 0 radical (unpaired) electrons. The standard InChI is InChI=1S/C17H23NO3/c1-13(14(2)17(20)21)16(19)18(3)12-8-7-11-15-9-5-4-6-10-15/h4-6,9-10H,7-8,11-12H2,1-3H3,(H,20,21). The lowest BCUT2D eigenvalue weighted by molar-refractivity contribution is -0.133. The van der Waals surface area contributed by atoms with Crippen molar-refractivity contribution in [3.63, 3.8) is 0 Å². The van der Waals surface area contributed by atoms with E-state index in [0.29, 0.717) is 12.1 Å². The number of rotatable bonds is 7. The molecule has 0 saturated carbocycles. The quantitative estimate of drug-likeness (QED) is 0.620.